The first-order chi connectivity index (χ1) is 7.15. The average Bonchev–Trinajstić information content (AvgIpc) is 2.29. The standard InChI is InChI=1S/C12H19FOSi/c1-4-15(5-2,14-3)10-11-6-8-12(13)9-7-11/h6-9H,4-5,10H2,1-3H3. The van der Waals surface area contributed by atoms with E-state index in [4.69, 9.17) is 4.43 Å². The molecule has 1 aromatic rings. The predicted octanol–water partition coefficient (Wildman–Crippen LogP) is 3.54. The summed E-state index contributed by atoms with van der Waals surface area (Å²) < 4.78 is 18.5. The van der Waals surface area contributed by atoms with E-state index < -0.39 is 8.32 Å². The molecule has 0 saturated heterocycles. The van der Waals surface area contributed by atoms with E-state index in [1.807, 2.05) is 19.2 Å². The van der Waals surface area contributed by atoms with Crippen molar-refractivity contribution < 1.29 is 8.82 Å². The van der Waals surface area contributed by atoms with Crippen LogP contribution in [0.2, 0.25) is 12.1 Å². The molecule has 1 nitrogen and oxygen atoms in total. The molecule has 0 aliphatic heterocycles. The Labute approximate surface area is 92.4 Å². The molecule has 0 bridgehead atoms. The highest BCUT2D eigenvalue weighted by Crippen LogP contribution is 2.21. The Bertz CT molecular complexity index is 285. The quantitative estimate of drug-likeness (QED) is 0.698. The van der Waals surface area contributed by atoms with Crippen LogP contribution in [-0.2, 0) is 10.5 Å². The number of halogens is 1. The van der Waals surface area contributed by atoms with Gasteiger partial charge in [-0.1, -0.05) is 26.0 Å². The predicted molar refractivity (Wildman–Crippen MR) is 63.8 cm³/mol. The van der Waals surface area contributed by atoms with Crippen LogP contribution in [0.5, 0.6) is 0 Å². The summed E-state index contributed by atoms with van der Waals surface area (Å²) in [4.78, 5) is 0. The summed E-state index contributed by atoms with van der Waals surface area (Å²) in [5.41, 5.74) is 1.19. The van der Waals surface area contributed by atoms with Crippen LogP contribution in [0, 0.1) is 5.82 Å². The van der Waals surface area contributed by atoms with Crippen molar-refractivity contribution in [3.05, 3.63) is 35.6 Å². The number of hydrogen-bond donors (Lipinski definition) is 0. The minimum absolute atomic E-state index is 0.170. The van der Waals surface area contributed by atoms with Gasteiger partial charge in [-0.15, -0.1) is 0 Å². The molecule has 0 unspecified atom stereocenters. The summed E-state index contributed by atoms with van der Waals surface area (Å²) in [6, 6.07) is 9.97. The molecule has 84 valence electrons. The molecule has 0 aromatic heterocycles. The molecule has 0 N–H and O–H groups in total. The van der Waals surface area contributed by atoms with Gasteiger partial charge in [0.1, 0.15) is 5.82 Å². The molecule has 1 aromatic carbocycles. The van der Waals surface area contributed by atoms with Gasteiger partial charge in [0, 0.05) is 7.11 Å². The fourth-order valence-electron chi connectivity index (χ4n) is 1.84. The van der Waals surface area contributed by atoms with Gasteiger partial charge < -0.3 is 4.43 Å². The Morgan fingerprint density at radius 3 is 2.07 bits per heavy atom. The van der Waals surface area contributed by atoms with Crippen molar-refractivity contribution in [3.63, 3.8) is 0 Å². The highest BCUT2D eigenvalue weighted by molar-refractivity contribution is 6.73. The highest BCUT2D eigenvalue weighted by atomic mass is 28.4. The second-order valence-corrected chi connectivity index (χ2v) is 8.44. The summed E-state index contributed by atoms with van der Waals surface area (Å²) in [7, 11) is 0.210. The van der Waals surface area contributed by atoms with Gasteiger partial charge in [0.15, 0.2) is 8.32 Å². The van der Waals surface area contributed by atoms with Crippen LogP contribution in [0.25, 0.3) is 0 Å². The molecule has 0 heterocycles. The first-order valence-electron chi connectivity index (χ1n) is 5.45. The molecule has 0 radical (unpaired) electrons. The average molecular weight is 226 g/mol. The fraction of sp³-hybridized carbons (Fsp3) is 0.500. The first kappa shape index (κ1) is 12.4. The van der Waals surface area contributed by atoms with E-state index in [1.165, 1.54) is 17.7 Å². The summed E-state index contributed by atoms with van der Waals surface area (Å²) in [6.07, 6.45) is 0. The van der Waals surface area contributed by atoms with Crippen LogP contribution in [0.3, 0.4) is 0 Å². The summed E-state index contributed by atoms with van der Waals surface area (Å²) in [5.74, 6) is -0.170. The maximum absolute atomic E-state index is 12.7. The van der Waals surface area contributed by atoms with Gasteiger partial charge in [0.05, 0.1) is 0 Å². The van der Waals surface area contributed by atoms with E-state index >= 15 is 0 Å². The minimum atomic E-state index is -1.60. The summed E-state index contributed by atoms with van der Waals surface area (Å²) in [6.45, 7) is 4.37. The zero-order valence-electron chi connectivity index (χ0n) is 9.72. The second-order valence-electron chi connectivity index (χ2n) is 3.90. The van der Waals surface area contributed by atoms with Crippen LogP contribution >= 0.6 is 0 Å². The van der Waals surface area contributed by atoms with E-state index in [0.29, 0.717) is 0 Å². The van der Waals surface area contributed by atoms with Crippen LogP contribution in [0.15, 0.2) is 24.3 Å². The van der Waals surface area contributed by atoms with Crippen molar-refractivity contribution >= 4 is 8.32 Å². The lowest BCUT2D eigenvalue weighted by Crippen LogP contribution is -2.38. The van der Waals surface area contributed by atoms with E-state index in [-0.39, 0.29) is 5.82 Å². The van der Waals surface area contributed by atoms with Crippen molar-refractivity contribution in [2.45, 2.75) is 32.0 Å². The Morgan fingerprint density at radius 1 is 1.13 bits per heavy atom. The van der Waals surface area contributed by atoms with E-state index in [1.54, 1.807) is 0 Å². The van der Waals surface area contributed by atoms with Gasteiger partial charge >= 0.3 is 0 Å². The van der Waals surface area contributed by atoms with Crippen molar-refractivity contribution in [2.24, 2.45) is 0 Å². The highest BCUT2D eigenvalue weighted by Gasteiger charge is 2.29. The number of hydrogen-bond acceptors (Lipinski definition) is 1. The first-order valence-corrected chi connectivity index (χ1v) is 7.98. The molecule has 0 fully saturated rings. The molecule has 1 rings (SSSR count). The van der Waals surface area contributed by atoms with Gasteiger partial charge in [-0.2, -0.15) is 0 Å². The Hall–Kier alpha value is -0.673. The van der Waals surface area contributed by atoms with Crippen molar-refractivity contribution in [1.82, 2.24) is 0 Å². The molecule has 0 saturated carbocycles. The maximum Gasteiger partial charge on any atom is 0.196 e. The van der Waals surface area contributed by atoms with E-state index in [9.17, 15) is 4.39 Å². The Morgan fingerprint density at radius 2 is 1.67 bits per heavy atom. The third-order valence-electron chi connectivity index (χ3n) is 3.16. The van der Waals surface area contributed by atoms with Crippen LogP contribution < -0.4 is 0 Å². The number of rotatable bonds is 5. The molecular weight excluding hydrogens is 207 g/mol. The maximum atomic E-state index is 12.7. The van der Waals surface area contributed by atoms with Gasteiger partial charge in [0.2, 0.25) is 0 Å². The molecular formula is C12H19FOSi. The normalized spacial score (nSPS) is 11.7. The molecule has 0 aliphatic carbocycles. The van der Waals surface area contributed by atoms with Gasteiger partial charge in [0.25, 0.3) is 0 Å². The van der Waals surface area contributed by atoms with Gasteiger partial charge in [-0.3, -0.25) is 0 Å². The summed E-state index contributed by atoms with van der Waals surface area (Å²) in [5, 5.41) is 0. The van der Waals surface area contributed by atoms with Crippen LogP contribution in [0.1, 0.15) is 19.4 Å². The van der Waals surface area contributed by atoms with Crippen molar-refractivity contribution in [3.8, 4) is 0 Å². The Balaban J connectivity index is 2.78. The van der Waals surface area contributed by atoms with Crippen LogP contribution in [0.4, 0.5) is 4.39 Å². The largest absolute Gasteiger partial charge is 0.420 e. The van der Waals surface area contributed by atoms with Gasteiger partial charge in [-0.25, -0.2) is 4.39 Å². The lowest BCUT2D eigenvalue weighted by Gasteiger charge is -2.27. The molecule has 0 amide bonds. The topological polar surface area (TPSA) is 9.23 Å². The van der Waals surface area contributed by atoms with Crippen molar-refractivity contribution in [2.75, 3.05) is 7.11 Å². The fourth-order valence-corrected chi connectivity index (χ4v) is 4.54. The van der Waals surface area contributed by atoms with Crippen molar-refractivity contribution in [1.29, 1.82) is 0 Å². The van der Waals surface area contributed by atoms with Crippen LogP contribution in [-0.4, -0.2) is 15.4 Å². The molecule has 0 aliphatic rings. The van der Waals surface area contributed by atoms with Gasteiger partial charge in [-0.05, 0) is 35.8 Å². The number of benzene rings is 1. The monoisotopic (exact) mass is 226 g/mol. The third kappa shape index (κ3) is 3.14. The zero-order chi connectivity index (χ0) is 11.3. The van der Waals surface area contributed by atoms with E-state index in [2.05, 4.69) is 13.8 Å². The molecule has 0 spiro atoms. The molecule has 0 atom stereocenters. The second kappa shape index (κ2) is 5.42. The lowest BCUT2D eigenvalue weighted by molar-refractivity contribution is 0.391. The smallest absolute Gasteiger partial charge is 0.196 e. The summed E-state index contributed by atoms with van der Waals surface area (Å²) >= 11 is 0. The SMILES string of the molecule is CC[Si](CC)(Cc1ccc(F)cc1)OC. The van der Waals surface area contributed by atoms with E-state index in [0.717, 1.165) is 18.1 Å². The molecule has 15 heavy (non-hydrogen) atoms. The molecule has 3 heteroatoms. The third-order valence-corrected chi connectivity index (χ3v) is 7.66. The minimum Gasteiger partial charge on any atom is -0.420 e. The zero-order valence-corrected chi connectivity index (χ0v) is 10.7. The lowest BCUT2D eigenvalue weighted by atomic mass is 10.2. The Kier molecular flexibility index (Phi) is 4.48.